The predicted octanol–water partition coefficient (Wildman–Crippen LogP) is 1.96. The molecule has 4 heteroatoms. The van der Waals surface area contributed by atoms with Gasteiger partial charge >= 0.3 is 5.97 Å². The van der Waals surface area contributed by atoms with Crippen molar-refractivity contribution in [3.05, 3.63) is 29.1 Å². The number of benzene rings is 1. The molecular formula is C11H11FO3. The topological polar surface area (TPSA) is 57.5 Å². The zero-order chi connectivity index (χ0) is 11.2. The molecule has 1 aromatic carbocycles. The number of hydrogen-bond donors (Lipinski definition) is 2. The highest BCUT2D eigenvalue weighted by Crippen LogP contribution is 2.51. The van der Waals surface area contributed by atoms with Gasteiger partial charge in [-0.3, -0.25) is 4.79 Å². The number of hydrogen-bond acceptors (Lipinski definition) is 2. The molecule has 0 atom stereocenters. The third-order valence-electron chi connectivity index (χ3n) is 2.98. The summed E-state index contributed by atoms with van der Waals surface area (Å²) in [6.45, 7) is 1.53. The minimum atomic E-state index is -1.06. The summed E-state index contributed by atoms with van der Waals surface area (Å²) in [5, 5.41) is 18.6. The van der Waals surface area contributed by atoms with Gasteiger partial charge in [-0.25, -0.2) is 4.39 Å². The number of carboxylic acids is 1. The van der Waals surface area contributed by atoms with E-state index in [1.807, 2.05) is 0 Å². The first kappa shape index (κ1) is 9.96. The van der Waals surface area contributed by atoms with E-state index in [1.54, 1.807) is 0 Å². The molecule has 1 aliphatic carbocycles. The molecule has 0 spiro atoms. The fourth-order valence-electron chi connectivity index (χ4n) is 1.77. The summed E-state index contributed by atoms with van der Waals surface area (Å²) in [5.74, 6) is -2.24. The molecule has 1 aliphatic rings. The molecule has 15 heavy (non-hydrogen) atoms. The zero-order valence-electron chi connectivity index (χ0n) is 8.25. The molecule has 3 nitrogen and oxygen atoms in total. The number of aliphatic carboxylic acids is 1. The van der Waals surface area contributed by atoms with E-state index in [1.165, 1.54) is 19.1 Å². The number of halogens is 1. The normalized spacial score (nSPS) is 17.5. The molecular weight excluding hydrogens is 199 g/mol. The molecule has 2 N–H and O–H groups in total. The molecule has 0 aromatic heterocycles. The van der Waals surface area contributed by atoms with E-state index in [-0.39, 0.29) is 5.56 Å². The molecule has 0 bridgehead atoms. The average Bonchev–Trinajstić information content (AvgIpc) is 2.95. The highest BCUT2D eigenvalue weighted by molar-refractivity contribution is 5.86. The van der Waals surface area contributed by atoms with Crippen LogP contribution in [0.15, 0.2) is 12.1 Å². The lowest BCUT2D eigenvalue weighted by atomic mass is 9.94. The highest BCUT2D eigenvalue weighted by atomic mass is 19.1. The number of aryl methyl sites for hydroxylation is 1. The third-order valence-corrected chi connectivity index (χ3v) is 2.98. The Balaban J connectivity index is 2.55. The third kappa shape index (κ3) is 1.28. The quantitative estimate of drug-likeness (QED) is 0.784. The van der Waals surface area contributed by atoms with Gasteiger partial charge in [0.2, 0.25) is 0 Å². The van der Waals surface area contributed by atoms with E-state index in [2.05, 4.69) is 0 Å². The van der Waals surface area contributed by atoms with Crippen LogP contribution in [0.3, 0.4) is 0 Å². The lowest BCUT2D eigenvalue weighted by Crippen LogP contribution is -2.20. The minimum absolute atomic E-state index is 0.193. The molecule has 80 valence electrons. The minimum Gasteiger partial charge on any atom is -0.505 e. The van der Waals surface area contributed by atoms with Gasteiger partial charge in [0, 0.05) is 5.56 Å². The lowest BCUT2D eigenvalue weighted by Gasteiger charge is -2.13. The van der Waals surface area contributed by atoms with E-state index >= 15 is 0 Å². The van der Waals surface area contributed by atoms with Crippen LogP contribution in [0.5, 0.6) is 5.75 Å². The van der Waals surface area contributed by atoms with E-state index in [0.29, 0.717) is 18.4 Å². The molecule has 0 radical (unpaired) electrons. The Bertz CT molecular complexity index is 436. The molecule has 1 saturated carbocycles. The van der Waals surface area contributed by atoms with Gasteiger partial charge in [0.1, 0.15) is 0 Å². The van der Waals surface area contributed by atoms with Gasteiger partial charge in [-0.05, 0) is 25.3 Å². The van der Waals surface area contributed by atoms with Crippen molar-refractivity contribution in [3.8, 4) is 5.75 Å². The summed E-state index contributed by atoms with van der Waals surface area (Å²) < 4.78 is 13.4. The van der Waals surface area contributed by atoms with Crippen molar-refractivity contribution < 1.29 is 19.4 Å². The fraction of sp³-hybridized carbons (Fsp3) is 0.364. The number of aromatic hydroxyl groups is 1. The number of carbonyl (C=O) groups is 1. The fourth-order valence-corrected chi connectivity index (χ4v) is 1.77. The van der Waals surface area contributed by atoms with Crippen LogP contribution in [-0.4, -0.2) is 16.2 Å². The van der Waals surface area contributed by atoms with E-state index in [4.69, 9.17) is 5.11 Å². The number of phenols is 1. The predicted molar refractivity (Wildman–Crippen MR) is 51.3 cm³/mol. The second kappa shape index (κ2) is 2.95. The largest absolute Gasteiger partial charge is 0.505 e. The summed E-state index contributed by atoms with van der Waals surface area (Å²) in [6, 6.07) is 2.99. The molecule has 2 rings (SSSR count). The van der Waals surface area contributed by atoms with Gasteiger partial charge in [-0.1, -0.05) is 12.1 Å². The van der Waals surface area contributed by atoms with Crippen LogP contribution in [0.25, 0.3) is 0 Å². The maximum atomic E-state index is 13.4. The number of rotatable bonds is 2. The highest BCUT2D eigenvalue weighted by Gasteiger charge is 2.53. The molecule has 0 saturated heterocycles. The number of phenolic OH excluding ortho intramolecular Hbond substituents is 1. The molecule has 0 heterocycles. The van der Waals surface area contributed by atoms with Crippen LogP contribution in [-0.2, 0) is 10.2 Å². The van der Waals surface area contributed by atoms with Crippen LogP contribution in [0.2, 0.25) is 0 Å². The van der Waals surface area contributed by atoms with Crippen molar-refractivity contribution in [1.82, 2.24) is 0 Å². The summed E-state index contributed by atoms with van der Waals surface area (Å²) >= 11 is 0. The van der Waals surface area contributed by atoms with E-state index in [9.17, 15) is 14.3 Å². The van der Waals surface area contributed by atoms with Crippen molar-refractivity contribution in [2.45, 2.75) is 25.2 Å². The van der Waals surface area contributed by atoms with Crippen LogP contribution in [0.4, 0.5) is 4.39 Å². The Labute approximate surface area is 86.2 Å². The first-order chi connectivity index (χ1) is 6.99. The second-order valence-electron chi connectivity index (χ2n) is 3.98. The first-order valence-electron chi connectivity index (χ1n) is 4.71. The maximum Gasteiger partial charge on any atom is 0.314 e. The Hall–Kier alpha value is -1.58. The standard InChI is InChI=1S/C11H11FO3/c1-6-2-3-7(9(13)8(6)12)11(4-5-11)10(14)15/h2-3,13H,4-5H2,1H3,(H,14,15). The Kier molecular flexibility index (Phi) is 1.96. The van der Waals surface area contributed by atoms with Crippen LogP contribution in [0.1, 0.15) is 24.0 Å². The second-order valence-corrected chi connectivity index (χ2v) is 3.98. The number of carboxylic acid groups (broad SMARTS) is 1. The van der Waals surface area contributed by atoms with Crippen molar-refractivity contribution in [2.75, 3.05) is 0 Å². The molecule has 0 amide bonds. The molecule has 0 unspecified atom stereocenters. The van der Waals surface area contributed by atoms with Crippen LogP contribution >= 0.6 is 0 Å². The van der Waals surface area contributed by atoms with Gasteiger partial charge < -0.3 is 10.2 Å². The van der Waals surface area contributed by atoms with Gasteiger partial charge in [0.25, 0.3) is 0 Å². The smallest absolute Gasteiger partial charge is 0.314 e. The summed E-state index contributed by atoms with van der Waals surface area (Å²) in [6.07, 6.45) is 0.913. The van der Waals surface area contributed by atoms with Crippen molar-refractivity contribution >= 4 is 5.97 Å². The SMILES string of the molecule is Cc1ccc(C2(C(=O)O)CC2)c(O)c1F. The molecule has 1 fully saturated rings. The average molecular weight is 210 g/mol. The van der Waals surface area contributed by atoms with E-state index < -0.39 is 23.0 Å². The Morgan fingerprint density at radius 3 is 2.53 bits per heavy atom. The first-order valence-corrected chi connectivity index (χ1v) is 4.71. The monoisotopic (exact) mass is 210 g/mol. The molecule has 1 aromatic rings. The Morgan fingerprint density at radius 1 is 1.47 bits per heavy atom. The van der Waals surface area contributed by atoms with Gasteiger partial charge in [-0.2, -0.15) is 0 Å². The van der Waals surface area contributed by atoms with E-state index in [0.717, 1.165) is 0 Å². The van der Waals surface area contributed by atoms with Crippen molar-refractivity contribution in [3.63, 3.8) is 0 Å². The Morgan fingerprint density at radius 2 is 2.07 bits per heavy atom. The van der Waals surface area contributed by atoms with Crippen LogP contribution in [0, 0.1) is 12.7 Å². The summed E-state index contributed by atoms with van der Waals surface area (Å²) in [5.41, 5.74) is -0.547. The maximum absolute atomic E-state index is 13.4. The van der Waals surface area contributed by atoms with Gasteiger partial charge in [0.05, 0.1) is 5.41 Å². The lowest BCUT2D eigenvalue weighted by molar-refractivity contribution is -0.140. The van der Waals surface area contributed by atoms with Crippen molar-refractivity contribution in [2.24, 2.45) is 0 Å². The van der Waals surface area contributed by atoms with Crippen molar-refractivity contribution in [1.29, 1.82) is 0 Å². The molecule has 0 aliphatic heterocycles. The summed E-state index contributed by atoms with van der Waals surface area (Å²) in [7, 11) is 0. The van der Waals surface area contributed by atoms with Gasteiger partial charge in [0.15, 0.2) is 11.6 Å². The zero-order valence-corrected chi connectivity index (χ0v) is 8.25. The van der Waals surface area contributed by atoms with Gasteiger partial charge in [-0.15, -0.1) is 0 Å². The summed E-state index contributed by atoms with van der Waals surface area (Å²) in [4.78, 5) is 11.0. The van der Waals surface area contributed by atoms with Crippen LogP contribution < -0.4 is 0 Å².